The van der Waals surface area contributed by atoms with E-state index < -0.39 is 18.5 Å². The number of benzene rings is 1. The first kappa shape index (κ1) is 15.8. The molecule has 3 nitrogen and oxygen atoms in total. The number of halogens is 3. The zero-order valence-corrected chi connectivity index (χ0v) is 12.5. The second kappa shape index (κ2) is 6.18. The van der Waals surface area contributed by atoms with Gasteiger partial charge in [-0.05, 0) is 30.7 Å². The van der Waals surface area contributed by atoms with Gasteiger partial charge in [-0.2, -0.15) is 13.2 Å². The minimum Gasteiger partial charge on any atom is -0.334 e. The van der Waals surface area contributed by atoms with Gasteiger partial charge in [-0.15, -0.1) is 0 Å². The van der Waals surface area contributed by atoms with Crippen LogP contribution >= 0.6 is 0 Å². The Morgan fingerprint density at radius 3 is 2.61 bits per heavy atom. The Morgan fingerprint density at radius 2 is 1.96 bits per heavy atom. The maximum absolute atomic E-state index is 12.8. The number of nitrogens with zero attached hydrogens (tertiary/aromatic N) is 2. The highest BCUT2D eigenvalue weighted by molar-refractivity contribution is 6.05. The molecule has 6 heteroatoms. The SMILES string of the molecule is O=C(c1nccc2ccccc12)N(CCC(F)(F)F)C1CCC1. The van der Waals surface area contributed by atoms with Gasteiger partial charge >= 0.3 is 6.18 Å². The van der Waals surface area contributed by atoms with Gasteiger partial charge in [-0.25, -0.2) is 0 Å². The van der Waals surface area contributed by atoms with E-state index in [4.69, 9.17) is 0 Å². The third-order valence-corrected chi connectivity index (χ3v) is 4.29. The van der Waals surface area contributed by atoms with Crippen LogP contribution in [0.25, 0.3) is 10.8 Å². The largest absolute Gasteiger partial charge is 0.390 e. The maximum Gasteiger partial charge on any atom is 0.390 e. The summed E-state index contributed by atoms with van der Waals surface area (Å²) >= 11 is 0. The molecule has 1 aliphatic rings. The summed E-state index contributed by atoms with van der Waals surface area (Å²) in [7, 11) is 0. The van der Waals surface area contributed by atoms with Crippen LogP contribution in [0.3, 0.4) is 0 Å². The summed E-state index contributed by atoms with van der Waals surface area (Å²) in [6.45, 7) is -0.308. The fraction of sp³-hybridized carbons (Fsp3) is 0.412. The van der Waals surface area contributed by atoms with Crippen molar-refractivity contribution in [3.8, 4) is 0 Å². The molecule has 1 fully saturated rings. The summed E-state index contributed by atoms with van der Waals surface area (Å²) < 4.78 is 37.7. The number of rotatable bonds is 4. The van der Waals surface area contributed by atoms with Gasteiger partial charge in [0.15, 0.2) is 0 Å². The number of pyridine rings is 1. The number of hydrogen-bond acceptors (Lipinski definition) is 2. The van der Waals surface area contributed by atoms with Gasteiger partial charge in [-0.3, -0.25) is 9.78 Å². The van der Waals surface area contributed by atoms with E-state index >= 15 is 0 Å². The van der Waals surface area contributed by atoms with E-state index in [1.165, 1.54) is 11.1 Å². The molecule has 3 rings (SSSR count). The van der Waals surface area contributed by atoms with Crippen LogP contribution < -0.4 is 0 Å². The molecule has 0 bridgehead atoms. The van der Waals surface area contributed by atoms with E-state index in [-0.39, 0.29) is 18.3 Å². The van der Waals surface area contributed by atoms with Gasteiger partial charge in [0.05, 0.1) is 6.42 Å². The summed E-state index contributed by atoms with van der Waals surface area (Å²) in [5.41, 5.74) is 0.233. The van der Waals surface area contributed by atoms with Crippen LogP contribution in [0.2, 0.25) is 0 Å². The van der Waals surface area contributed by atoms with Crippen molar-refractivity contribution in [1.29, 1.82) is 0 Å². The van der Waals surface area contributed by atoms with E-state index in [0.29, 0.717) is 5.39 Å². The number of hydrogen-bond donors (Lipinski definition) is 0. The molecule has 0 radical (unpaired) electrons. The lowest BCUT2D eigenvalue weighted by molar-refractivity contribution is -0.138. The third-order valence-electron chi connectivity index (χ3n) is 4.29. The summed E-state index contributed by atoms with van der Waals surface area (Å²) in [5, 5.41) is 1.53. The van der Waals surface area contributed by atoms with E-state index in [0.717, 1.165) is 24.6 Å². The molecule has 0 aliphatic heterocycles. The zero-order valence-electron chi connectivity index (χ0n) is 12.5. The highest BCUT2D eigenvalue weighted by Gasteiger charge is 2.35. The van der Waals surface area contributed by atoms with Crippen molar-refractivity contribution in [2.45, 2.75) is 37.9 Å². The number of aromatic nitrogens is 1. The topological polar surface area (TPSA) is 33.2 Å². The van der Waals surface area contributed by atoms with E-state index in [1.807, 2.05) is 12.1 Å². The Labute approximate surface area is 132 Å². The molecular formula is C17H17F3N2O. The summed E-state index contributed by atoms with van der Waals surface area (Å²) in [5.74, 6) is -0.407. The minimum atomic E-state index is -4.27. The zero-order chi connectivity index (χ0) is 16.4. The molecule has 0 unspecified atom stereocenters. The molecule has 2 aromatic rings. The Balaban J connectivity index is 1.90. The third kappa shape index (κ3) is 3.46. The molecule has 1 aromatic carbocycles. The van der Waals surface area contributed by atoms with Gasteiger partial charge in [0.1, 0.15) is 5.69 Å². The molecule has 23 heavy (non-hydrogen) atoms. The lowest BCUT2D eigenvalue weighted by atomic mass is 9.91. The smallest absolute Gasteiger partial charge is 0.334 e. The van der Waals surface area contributed by atoms with Crippen molar-refractivity contribution in [3.63, 3.8) is 0 Å². The van der Waals surface area contributed by atoms with Crippen molar-refractivity contribution in [3.05, 3.63) is 42.2 Å². The Bertz CT molecular complexity index is 705. The highest BCUT2D eigenvalue weighted by Crippen LogP contribution is 2.29. The molecule has 1 amide bonds. The van der Waals surface area contributed by atoms with Crippen LogP contribution in [0.5, 0.6) is 0 Å². The minimum absolute atomic E-state index is 0.106. The van der Waals surface area contributed by atoms with Gasteiger partial charge in [0.25, 0.3) is 5.91 Å². The molecule has 1 saturated carbocycles. The van der Waals surface area contributed by atoms with Gasteiger partial charge in [0, 0.05) is 24.2 Å². The Morgan fingerprint density at radius 1 is 1.22 bits per heavy atom. The van der Waals surface area contributed by atoms with Crippen LogP contribution in [0.4, 0.5) is 13.2 Å². The quantitative estimate of drug-likeness (QED) is 0.846. The predicted molar refractivity (Wildman–Crippen MR) is 81.1 cm³/mol. The van der Waals surface area contributed by atoms with Gasteiger partial charge in [-0.1, -0.05) is 24.3 Å². The highest BCUT2D eigenvalue weighted by atomic mass is 19.4. The summed E-state index contributed by atoms with van der Waals surface area (Å²) in [6, 6.07) is 8.96. The number of carbonyl (C=O) groups is 1. The second-order valence-corrected chi connectivity index (χ2v) is 5.83. The van der Waals surface area contributed by atoms with Crippen LogP contribution in [0, 0.1) is 0 Å². The summed E-state index contributed by atoms with van der Waals surface area (Å²) in [4.78, 5) is 18.3. The van der Waals surface area contributed by atoms with Crippen molar-refractivity contribution in [1.82, 2.24) is 9.88 Å². The molecule has 0 N–H and O–H groups in total. The van der Waals surface area contributed by atoms with Crippen LogP contribution in [0.1, 0.15) is 36.2 Å². The second-order valence-electron chi connectivity index (χ2n) is 5.83. The van der Waals surface area contributed by atoms with E-state index in [1.54, 1.807) is 18.2 Å². The van der Waals surface area contributed by atoms with Crippen LogP contribution in [-0.2, 0) is 0 Å². The van der Waals surface area contributed by atoms with E-state index in [9.17, 15) is 18.0 Å². The molecule has 0 saturated heterocycles. The molecule has 0 spiro atoms. The monoisotopic (exact) mass is 322 g/mol. The van der Waals surface area contributed by atoms with Gasteiger partial charge < -0.3 is 4.90 Å². The first-order chi connectivity index (χ1) is 11.0. The van der Waals surface area contributed by atoms with Crippen LogP contribution in [-0.4, -0.2) is 34.6 Å². The molecule has 1 heterocycles. The molecule has 1 aliphatic carbocycles. The lowest BCUT2D eigenvalue weighted by Crippen LogP contribution is -2.46. The standard InChI is InChI=1S/C17H17F3N2O/c18-17(19,20)9-11-22(13-5-3-6-13)16(23)15-14-7-2-1-4-12(14)8-10-21-15/h1-2,4,7-8,10,13H,3,5-6,9,11H2. The molecule has 122 valence electrons. The van der Waals surface area contributed by atoms with Crippen molar-refractivity contribution in [2.75, 3.05) is 6.54 Å². The van der Waals surface area contributed by atoms with Gasteiger partial charge in [0.2, 0.25) is 0 Å². The molecular weight excluding hydrogens is 305 g/mol. The molecule has 0 atom stereocenters. The first-order valence-corrected chi connectivity index (χ1v) is 7.67. The van der Waals surface area contributed by atoms with E-state index in [2.05, 4.69) is 4.98 Å². The molecule has 1 aromatic heterocycles. The number of amides is 1. The number of alkyl halides is 3. The van der Waals surface area contributed by atoms with Crippen LogP contribution in [0.15, 0.2) is 36.5 Å². The Kier molecular flexibility index (Phi) is 4.24. The lowest BCUT2D eigenvalue weighted by Gasteiger charge is -2.37. The number of carbonyl (C=O) groups excluding carboxylic acids is 1. The fourth-order valence-electron chi connectivity index (χ4n) is 2.82. The number of fused-ring (bicyclic) bond motifs is 1. The fourth-order valence-corrected chi connectivity index (χ4v) is 2.82. The average molecular weight is 322 g/mol. The van der Waals surface area contributed by atoms with Crippen molar-refractivity contribution in [2.24, 2.45) is 0 Å². The predicted octanol–water partition coefficient (Wildman–Crippen LogP) is 4.18. The average Bonchev–Trinajstić information content (AvgIpc) is 2.47. The Hall–Kier alpha value is -2.11. The first-order valence-electron chi connectivity index (χ1n) is 7.67. The van der Waals surface area contributed by atoms with Crippen molar-refractivity contribution < 1.29 is 18.0 Å². The maximum atomic E-state index is 12.8. The normalized spacial score (nSPS) is 15.4. The summed E-state index contributed by atoms with van der Waals surface area (Å²) in [6.07, 6.45) is -1.26. The van der Waals surface area contributed by atoms with Crippen molar-refractivity contribution >= 4 is 16.7 Å².